The second-order valence-electron chi connectivity index (χ2n) is 3.72. The van der Waals surface area contributed by atoms with E-state index in [0.29, 0.717) is 11.5 Å². The third-order valence-electron chi connectivity index (χ3n) is 2.34. The summed E-state index contributed by atoms with van der Waals surface area (Å²) in [5, 5.41) is 5.66. The molecule has 20 heavy (non-hydrogen) atoms. The number of alkyl halides is 4. The van der Waals surface area contributed by atoms with Crippen molar-refractivity contribution in [3.05, 3.63) is 40.4 Å². The molecule has 1 heterocycles. The molecule has 2 aromatic rings. The highest BCUT2D eigenvalue weighted by molar-refractivity contribution is 7.08. The van der Waals surface area contributed by atoms with Crippen molar-refractivity contribution in [2.45, 2.75) is 12.9 Å². The largest absolute Gasteiger partial charge is 0.416 e. The Morgan fingerprint density at radius 1 is 1.35 bits per heavy atom. The molecule has 0 aliphatic heterocycles. The Morgan fingerprint density at radius 2 is 2.10 bits per heavy atom. The zero-order chi connectivity index (χ0) is 14.8. The average molecular weight is 305 g/mol. The van der Waals surface area contributed by atoms with E-state index in [4.69, 9.17) is 0 Å². The molecule has 0 atom stereocenters. The van der Waals surface area contributed by atoms with E-state index < -0.39 is 24.3 Å². The first-order valence-corrected chi connectivity index (χ1v) is 6.05. The van der Waals surface area contributed by atoms with Crippen molar-refractivity contribution in [2.75, 3.05) is 5.32 Å². The number of rotatable bonds is 3. The average Bonchev–Trinajstić information content (AvgIpc) is 2.86. The Kier molecular flexibility index (Phi) is 3.98. The summed E-state index contributed by atoms with van der Waals surface area (Å²) >= 11 is 0.676. The van der Waals surface area contributed by atoms with Gasteiger partial charge in [-0.2, -0.15) is 13.2 Å². The molecule has 1 amide bonds. The SMILES string of the molecule is O=C(Nc1cccc(C(F)(F)F)c1)c1snnc1CF. The minimum Gasteiger partial charge on any atom is -0.321 e. The van der Waals surface area contributed by atoms with Crippen LogP contribution in [-0.2, 0) is 12.9 Å². The van der Waals surface area contributed by atoms with Gasteiger partial charge in [0.1, 0.15) is 17.2 Å². The fraction of sp³-hybridized carbons (Fsp3) is 0.182. The lowest BCUT2D eigenvalue weighted by Gasteiger charge is -2.09. The minimum atomic E-state index is -4.50. The van der Waals surface area contributed by atoms with Crippen LogP contribution in [0.4, 0.5) is 23.2 Å². The monoisotopic (exact) mass is 305 g/mol. The highest BCUT2D eigenvalue weighted by Crippen LogP contribution is 2.30. The first-order chi connectivity index (χ1) is 9.41. The Hall–Kier alpha value is -2.03. The van der Waals surface area contributed by atoms with Crippen LogP contribution in [0.3, 0.4) is 0 Å². The Bertz CT molecular complexity index is 626. The quantitative estimate of drug-likeness (QED) is 0.885. The Balaban J connectivity index is 2.20. The fourth-order valence-corrected chi connectivity index (χ4v) is 1.99. The number of nitrogens with one attached hydrogen (secondary N) is 1. The molecule has 0 bridgehead atoms. The molecular formula is C11H7F4N3OS. The van der Waals surface area contributed by atoms with Crippen LogP contribution in [0.15, 0.2) is 24.3 Å². The van der Waals surface area contributed by atoms with Gasteiger partial charge in [0.15, 0.2) is 0 Å². The molecule has 0 radical (unpaired) electrons. The Labute approximate surface area is 114 Å². The van der Waals surface area contributed by atoms with Gasteiger partial charge < -0.3 is 5.32 Å². The number of aromatic nitrogens is 2. The first-order valence-electron chi connectivity index (χ1n) is 5.27. The van der Waals surface area contributed by atoms with Crippen LogP contribution in [0.5, 0.6) is 0 Å². The van der Waals surface area contributed by atoms with E-state index in [1.54, 1.807) is 0 Å². The molecule has 0 saturated carbocycles. The molecule has 106 valence electrons. The standard InChI is InChI=1S/C11H7F4N3OS/c12-5-8-9(20-18-17-8)10(19)16-7-3-1-2-6(4-7)11(13,14)15/h1-4H,5H2,(H,16,19). The molecule has 0 unspecified atom stereocenters. The van der Waals surface area contributed by atoms with Crippen LogP contribution in [0.1, 0.15) is 20.9 Å². The summed E-state index contributed by atoms with van der Waals surface area (Å²) in [5.41, 5.74) is -1.06. The molecule has 1 aromatic carbocycles. The molecule has 0 aliphatic rings. The van der Waals surface area contributed by atoms with Gasteiger partial charge in [0.05, 0.1) is 5.56 Å². The summed E-state index contributed by atoms with van der Waals surface area (Å²) in [5.74, 6) is -0.744. The van der Waals surface area contributed by atoms with Crippen molar-refractivity contribution < 1.29 is 22.4 Å². The Morgan fingerprint density at radius 3 is 2.75 bits per heavy atom. The zero-order valence-corrected chi connectivity index (χ0v) is 10.6. The maximum atomic E-state index is 12.5. The maximum absolute atomic E-state index is 12.5. The van der Waals surface area contributed by atoms with Gasteiger partial charge in [-0.05, 0) is 29.7 Å². The number of amides is 1. The highest BCUT2D eigenvalue weighted by Gasteiger charge is 2.30. The summed E-state index contributed by atoms with van der Waals surface area (Å²) < 4.78 is 53.5. The summed E-state index contributed by atoms with van der Waals surface area (Å²) in [6.07, 6.45) is -4.50. The number of halogens is 4. The number of benzene rings is 1. The molecule has 4 nitrogen and oxygen atoms in total. The smallest absolute Gasteiger partial charge is 0.321 e. The molecule has 2 rings (SSSR count). The summed E-state index contributed by atoms with van der Waals surface area (Å²) in [7, 11) is 0. The minimum absolute atomic E-state index is 0.0389. The zero-order valence-electron chi connectivity index (χ0n) is 9.74. The number of carbonyl (C=O) groups is 1. The maximum Gasteiger partial charge on any atom is 0.416 e. The number of hydrogen-bond donors (Lipinski definition) is 1. The molecule has 1 aromatic heterocycles. The normalized spacial score (nSPS) is 11.4. The van der Waals surface area contributed by atoms with E-state index in [1.807, 2.05) is 0 Å². The number of nitrogens with zero attached hydrogens (tertiary/aromatic N) is 2. The van der Waals surface area contributed by atoms with Crippen LogP contribution < -0.4 is 5.32 Å². The van der Waals surface area contributed by atoms with E-state index in [0.717, 1.165) is 12.1 Å². The fourth-order valence-electron chi connectivity index (χ4n) is 1.43. The molecule has 9 heteroatoms. The van der Waals surface area contributed by atoms with Crippen LogP contribution >= 0.6 is 11.5 Å². The third-order valence-corrected chi connectivity index (χ3v) is 3.10. The molecular weight excluding hydrogens is 298 g/mol. The van der Waals surface area contributed by atoms with E-state index in [2.05, 4.69) is 14.9 Å². The van der Waals surface area contributed by atoms with E-state index in [-0.39, 0.29) is 16.3 Å². The van der Waals surface area contributed by atoms with Gasteiger partial charge in [-0.25, -0.2) is 4.39 Å². The van der Waals surface area contributed by atoms with Crippen LogP contribution in [0, 0.1) is 0 Å². The molecule has 0 aliphatic carbocycles. The van der Waals surface area contributed by atoms with Gasteiger partial charge in [-0.15, -0.1) is 5.10 Å². The van der Waals surface area contributed by atoms with Crippen LogP contribution in [0.2, 0.25) is 0 Å². The van der Waals surface area contributed by atoms with Crippen molar-refractivity contribution in [1.29, 1.82) is 0 Å². The molecule has 0 spiro atoms. The van der Waals surface area contributed by atoms with E-state index in [9.17, 15) is 22.4 Å². The van der Waals surface area contributed by atoms with Crippen molar-refractivity contribution in [2.24, 2.45) is 0 Å². The second-order valence-corrected chi connectivity index (χ2v) is 4.47. The topological polar surface area (TPSA) is 54.9 Å². The van der Waals surface area contributed by atoms with Crippen molar-refractivity contribution in [3.8, 4) is 0 Å². The van der Waals surface area contributed by atoms with Crippen LogP contribution in [0.25, 0.3) is 0 Å². The lowest BCUT2D eigenvalue weighted by Crippen LogP contribution is -2.13. The highest BCUT2D eigenvalue weighted by atomic mass is 32.1. The predicted molar refractivity (Wildman–Crippen MR) is 64.1 cm³/mol. The number of hydrogen-bond acceptors (Lipinski definition) is 4. The van der Waals surface area contributed by atoms with Crippen molar-refractivity contribution in [3.63, 3.8) is 0 Å². The molecule has 0 saturated heterocycles. The van der Waals surface area contributed by atoms with Crippen molar-refractivity contribution in [1.82, 2.24) is 9.59 Å². The van der Waals surface area contributed by atoms with E-state index >= 15 is 0 Å². The van der Waals surface area contributed by atoms with Gasteiger partial charge in [0.25, 0.3) is 5.91 Å². The molecule has 0 fully saturated rings. The second kappa shape index (κ2) is 5.53. The van der Waals surface area contributed by atoms with E-state index in [1.165, 1.54) is 12.1 Å². The van der Waals surface area contributed by atoms with Crippen LogP contribution in [-0.4, -0.2) is 15.5 Å². The molecule has 1 N–H and O–H groups in total. The van der Waals surface area contributed by atoms with Gasteiger partial charge >= 0.3 is 6.18 Å². The number of carbonyl (C=O) groups excluding carboxylic acids is 1. The lowest BCUT2D eigenvalue weighted by molar-refractivity contribution is -0.137. The number of anilines is 1. The first kappa shape index (κ1) is 14.4. The lowest BCUT2D eigenvalue weighted by atomic mass is 10.2. The summed E-state index contributed by atoms with van der Waals surface area (Å²) in [6, 6.07) is 4.15. The van der Waals surface area contributed by atoms with Gasteiger partial charge in [0.2, 0.25) is 0 Å². The van der Waals surface area contributed by atoms with Gasteiger partial charge in [-0.1, -0.05) is 10.6 Å². The third kappa shape index (κ3) is 3.10. The van der Waals surface area contributed by atoms with Gasteiger partial charge in [0, 0.05) is 5.69 Å². The summed E-state index contributed by atoms with van der Waals surface area (Å²) in [6.45, 7) is -0.970. The predicted octanol–water partition coefficient (Wildman–Crippen LogP) is 3.28. The van der Waals surface area contributed by atoms with Crippen molar-refractivity contribution >= 4 is 23.1 Å². The van der Waals surface area contributed by atoms with Gasteiger partial charge in [-0.3, -0.25) is 4.79 Å². The summed E-state index contributed by atoms with van der Waals surface area (Å²) in [4.78, 5) is 11.7.